The third-order valence-electron chi connectivity index (χ3n) is 1.30. The van der Waals surface area contributed by atoms with E-state index < -0.39 is 13.9 Å². The first kappa shape index (κ1) is 13.1. The maximum Gasteiger partial charge on any atom is 0.466 e. The average Bonchev–Trinajstić information content (AvgIpc) is 2.30. The van der Waals surface area contributed by atoms with Crippen LogP contribution in [0.4, 0.5) is 4.79 Å². The zero-order valence-corrected chi connectivity index (χ0v) is 7.92. The molecule has 1 aliphatic heterocycles. The second-order valence-electron chi connectivity index (χ2n) is 2.44. The molecule has 14 heavy (non-hydrogen) atoms. The van der Waals surface area contributed by atoms with E-state index in [1.165, 1.54) is 0 Å². The standard InChI is InChI=1S/C5H7NO3.H3O4P/c7-4-2-1-3-6(4)5(8)9;1-5(2,3)4/h1-3H2,(H,8,9);(H3,1,2,3,4). The lowest BCUT2D eigenvalue weighted by atomic mass is 10.4. The first-order valence-corrected chi connectivity index (χ1v) is 5.10. The van der Waals surface area contributed by atoms with Crippen molar-refractivity contribution in [1.82, 2.24) is 4.90 Å². The molecule has 0 radical (unpaired) electrons. The number of amides is 2. The number of likely N-dealkylation sites (tertiary alicyclic amines) is 1. The van der Waals surface area contributed by atoms with Crippen molar-refractivity contribution < 1.29 is 33.9 Å². The molecule has 1 saturated heterocycles. The minimum atomic E-state index is -4.64. The van der Waals surface area contributed by atoms with E-state index in [2.05, 4.69) is 0 Å². The Morgan fingerprint density at radius 2 is 1.79 bits per heavy atom. The topological polar surface area (TPSA) is 135 Å². The summed E-state index contributed by atoms with van der Waals surface area (Å²) in [6, 6.07) is 0. The van der Waals surface area contributed by atoms with Crippen molar-refractivity contribution in [3.8, 4) is 0 Å². The van der Waals surface area contributed by atoms with Gasteiger partial charge in [-0.05, 0) is 6.42 Å². The van der Waals surface area contributed by atoms with E-state index in [9.17, 15) is 9.59 Å². The van der Waals surface area contributed by atoms with E-state index in [-0.39, 0.29) is 5.91 Å². The summed E-state index contributed by atoms with van der Waals surface area (Å²) in [4.78, 5) is 43.1. The van der Waals surface area contributed by atoms with Crippen LogP contribution >= 0.6 is 7.82 Å². The Morgan fingerprint density at radius 3 is 1.93 bits per heavy atom. The molecule has 4 N–H and O–H groups in total. The number of carboxylic acid groups (broad SMARTS) is 1. The molecule has 82 valence electrons. The maximum atomic E-state index is 10.6. The first-order valence-electron chi connectivity index (χ1n) is 3.53. The summed E-state index contributed by atoms with van der Waals surface area (Å²) in [6.07, 6.45) is -0.0743. The fourth-order valence-corrected chi connectivity index (χ4v) is 0.850. The molecule has 1 rings (SSSR count). The van der Waals surface area contributed by atoms with Gasteiger partial charge in [0.25, 0.3) is 0 Å². The molecule has 9 heteroatoms. The molecule has 0 bridgehead atoms. The van der Waals surface area contributed by atoms with Gasteiger partial charge in [0.05, 0.1) is 0 Å². The van der Waals surface area contributed by atoms with Gasteiger partial charge in [-0.1, -0.05) is 0 Å². The Morgan fingerprint density at radius 1 is 1.36 bits per heavy atom. The van der Waals surface area contributed by atoms with E-state index in [4.69, 9.17) is 24.4 Å². The zero-order chi connectivity index (χ0) is 11.4. The molecule has 0 spiro atoms. The molecule has 1 aliphatic rings. The summed E-state index contributed by atoms with van der Waals surface area (Å²) in [6.45, 7) is 0.369. The number of rotatable bonds is 0. The van der Waals surface area contributed by atoms with Crippen LogP contribution in [0.1, 0.15) is 12.8 Å². The van der Waals surface area contributed by atoms with Crippen LogP contribution in [-0.2, 0) is 9.36 Å². The van der Waals surface area contributed by atoms with E-state index in [1.54, 1.807) is 0 Å². The quantitative estimate of drug-likeness (QED) is 0.404. The SMILES string of the molecule is O=C(O)N1CCCC1=O.O=P(O)(O)O. The molecule has 8 nitrogen and oxygen atoms in total. The number of carbonyl (C=O) groups is 2. The number of carbonyl (C=O) groups excluding carboxylic acids is 1. The lowest BCUT2D eigenvalue weighted by Gasteiger charge is -2.05. The van der Waals surface area contributed by atoms with Crippen LogP contribution in [0.3, 0.4) is 0 Å². The summed E-state index contributed by atoms with van der Waals surface area (Å²) in [5.41, 5.74) is 0. The average molecular weight is 227 g/mol. The molecule has 0 saturated carbocycles. The molecule has 0 aromatic carbocycles. The molecule has 0 aromatic heterocycles. The fourth-order valence-electron chi connectivity index (χ4n) is 0.850. The Bertz CT molecular complexity index is 263. The lowest BCUT2D eigenvalue weighted by molar-refractivity contribution is -0.125. The number of hydrogen-bond acceptors (Lipinski definition) is 3. The van der Waals surface area contributed by atoms with Crippen LogP contribution in [0.5, 0.6) is 0 Å². The van der Waals surface area contributed by atoms with Gasteiger partial charge in [-0.25, -0.2) is 14.3 Å². The van der Waals surface area contributed by atoms with Gasteiger partial charge in [-0.3, -0.25) is 4.79 Å². The van der Waals surface area contributed by atoms with Crippen molar-refractivity contribution in [2.24, 2.45) is 0 Å². The van der Waals surface area contributed by atoms with Gasteiger partial charge in [0.15, 0.2) is 0 Å². The highest BCUT2D eigenvalue weighted by Crippen LogP contribution is 2.25. The van der Waals surface area contributed by atoms with Crippen molar-refractivity contribution in [2.75, 3.05) is 6.54 Å². The smallest absolute Gasteiger partial charge is 0.465 e. The zero-order valence-electron chi connectivity index (χ0n) is 7.03. The summed E-state index contributed by atoms with van der Waals surface area (Å²) in [5.74, 6) is -0.275. The van der Waals surface area contributed by atoms with Crippen molar-refractivity contribution >= 4 is 19.8 Å². The van der Waals surface area contributed by atoms with Gasteiger partial charge in [0.1, 0.15) is 0 Å². The normalized spacial score (nSPS) is 16.2. The van der Waals surface area contributed by atoms with Crippen LogP contribution in [0.15, 0.2) is 0 Å². The minimum Gasteiger partial charge on any atom is -0.465 e. The Labute approximate surface area is 79.0 Å². The Hall–Kier alpha value is -0.950. The van der Waals surface area contributed by atoms with E-state index in [0.29, 0.717) is 19.4 Å². The van der Waals surface area contributed by atoms with Crippen molar-refractivity contribution in [3.63, 3.8) is 0 Å². The largest absolute Gasteiger partial charge is 0.466 e. The van der Waals surface area contributed by atoms with Gasteiger partial charge >= 0.3 is 13.9 Å². The molecular formula is C5H10NO7P. The van der Waals surface area contributed by atoms with Gasteiger partial charge in [0.2, 0.25) is 5.91 Å². The molecule has 1 fully saturated rings. The van der Waals surface area contributed by atoms with Crippen molar-refractivity contribution in [2.45, 2.75) is 12.8 Å². The van der Waals surface area contributed by atoms with Gasteiger partial charge in [-0.2, -0.15) is 0 Å². The van der Waals surface area contributed by atoms with Crippen LogP contribution in [-0.4, -0.2) is 43.2 Å². The van der Waals surface area contributed by atoms with Gasteiger partial charge in [0, 0.05) is 13.0 Å². The van der Waals surface area contributed by atoms with Gasteiger partial charge in [-0.15, -0.1) is 0 Å². The number of hydrogen-bond donors (Lipinski definition) is 4. The molecule has 0 aromatic rings. The van der Waals surface area contributed by atoms with E-state index >= 15 is 0 Å². The fraction of sp³-hybridized carbons (Fsp3) is 0.600. The van der Waals surface area contributed by atoms with Gasteiger partial charge < -0.3 is 19.8 Å². The van der Waals surface area contributed by atoms with E-state index in [0.717, 1.165) is 4.90 Å². The van der Waals surface area contributed by atoms with Crippen LogP contribution in [0, 0.1) is 0 Å². The van der Waals surface area contributed by atoms with Crippen LogP contribution in [0.2, 0.25) is 0 Å². The Balaban J connectivity index is 0.000000292. The number of phosphoric acid groups is 1. The number of imide groups is 1. The second kappa shape index (κ2) is 5.06. The van der Waals surface area contributed by atoms with E-state index in [1.807, 2.05) is 0 Å². The molecule has 0 aliphatic carbocycles. The second-order valence-corrected chi connectivity index (χ2v) is 3.47. The third-order valence-corrected chi connectivity index (χ3v) is 1.30. The highest BCUT2D eigenvalue weighted by Gasteiger charge is 2.25. The highest BCUT2D eigenvalue weighted by molar-refractivity contribution is 7.45. The maximum absolute atomic E-state index is 10.6. The highest BCUT2D eigenvalue weighted by atomic mass is 31.2. The molecule has 0 atom stereocenters. The van der Waals surface area contributed by atoms with Crippen molar-refractivity contribution in [3.05, 3.63) is 0 Å². The van der Waals surface area contributed by atoms with Crippen LogP contribution in [0.25, 0.3) is 0 Å². The third kappa shape index (κ3) is 6.55. The summed E-state index contributed by atoms with van der Waals surface area (Å²) in [7, 11) is -4.64. The molecular weight excluding hydrogens is 217 g/mol. The molecule has 2 amide bonds. The predicted molar refractivity (Wildman–Crippen MR) is 43.2 cm³/mol. The van der Waals surface area contributed by atoms with Crippen LogP contribution < -0.4 is 0 Å². The predicted octanol–water partition coefficient (Wildman–Crippen LogP) is -0.642. The first-order chi connectivity index (χ1) is 6.22. The number of nitrogens with zero attached hydrogens (tertiary/aromatic N) is 1. The molecule has 0 unspecified atom stereocenters. The Kier molecular flexibility index (Phi) is 4.72. The monoisotopic (exact) mass is 227 g/mol. The van der Waals surface area contributed by atoms with Crippen molar-refractivity contribution in [1.29, 1.82) is 0 Å². The summed E-state index contributed by atoms with van der Waals surface area (Å²) < 4.78 is 8.88. The summed E-state index contributed by atoms with van der Waals surface area (Å²) >= 11 is 0. The molecule has 1 heterocycles. The lowest BCUT2D eigenvalue weighted by Crippen LogP contribution is -2.29. The minimum absolute atomic E-state index is 0.275. The summed E-state index contributed by atoms with van der Waals surface area (Å²) in [5, 5.41) is 8.29.